The zero-order chi connectivity index (χ0) is 13.7. The van der Waals surface area contributed by atoms with Crippen LogP contribution < -0.4 is 5.73 Å². The average Bonchev–Trinajstić information content (AvgIpc) is 2.89. The maximum absolute atomic E-state index is 12.0. The van der Waals surface area contributed by atoms with E-state index in [0.717, 1.165) is 17.7 Å². The SMILES string of the molecule is CN(Cc1ccsc1)C(=O)CCc1cccc(N)c1. The van der Waals surface area contributed by atoms with Crippen LogP contribution in [-0.4, -0.2) is 17.9 Å². The standard InChI is InChI=1S/C15H18N2OS/c1-17(10-13-7-8-19-11-13)15(18)6-5-12-3-2-4-14(16)9-12/h2-4,7-9,11H,5-6,10,16H2,1H3. The Balaban J connectivity index is 1.84. The number of hydrogen-bond donors (Lipinski definition) is 1. The number of hydrogen-bond acceptors (Lipinski definition) is 3. The van der Waals surface area contributed by atoms with Gasteiger partial charge < -0.3 is 10.6 Å². The van der Waals surface area contributed by atoms with Crippen molar-refractivity contribution >= 4 is 22.9 Å². The van der Waals surface area contributed by atoms with Gasteiger partial charge in [-0.2, -0.15) is 11.3 Å². The molecule has 2 N–H and O–H groups in total. The third-order valence-electron chi connectivity index (χ3n) is 3.00. The highest BCUT2D eigenvalue weighted by molar-refractivity contribution is 7.07. The van der Waals surface area contributed by atoms with Gasteiger partial charge in [0.15, 0.2) is 0 Å². The van der Waals surface area contributed by atoms with Crippen molar-refractivity contribution in [2.45, 2.75) is 19.4 Å². The number of amides is 1. The Bertz CT molecular complexity index is 537. The average molecular weight is 274 g/mol. The lowest BCUT2D eigenvalue weighted by Crippen LogP contribution is -2.26. The summed E-state index contributed by atoms with van der Waals surface area (Å²) in [6.07, 6.45) is 1.25. The van der Waals surface area contributed by atoms with Crippen molar-refractivity contribution in [3.8, 4) is 0 Å². The number of nitrogen functional groups attached to an aromatic ring is 1. The molecule has 0 atom stereocenters. The summed E-state index contributed by atoms with van der Waals surface area (Å²) < 4.78 is 0. The van der Waals surface area contributed by atoms with Crippen LogP contribution in [-0.2, 0) is 17.8 Å². The number of carbonyl (C=O) groups excluding carboxylic acids is 1. The lowest BCUT2D eigenvalue weighted by atomic mass is 10.1. The number of rotatable bonds is 5. The number of benzene rings is 1. The zero-order valence-corrected chi connectivity index (χ0v) is 11.8. The summed E-state index contributed by atoms with van der Waals surface area (Å²) in [7, 11) is 1.85. The number of aryl methyl sites for hydroxylation is 1. The summed E-state index contributed by atoms with van der Waals surface area (Å²) in [6, 6.07) is 9.75. The Kier molecular flexibility index (Phi) is 4.58. The van der Waals surface area contributed by atoms with Crippen LogP contribution in [0, 0.1) is 0 Å². The molecule has 0 fully saturated rings. The summed E-state index contributed by atoms with van der Waals surface area (Å²) in [6.45, 7) is 0.680. The molecule has 2 rings (SSSR count). The van der Waals surface area contributed by atoms with E-state index in [1.54, 1.807) is 16.2 Å². The second-order valence-corrected chi connectivity index (χ2v) is 5.41. The van der Waals surface area contributed by atoms with Gasteiger partial charge in [-0.05, 0) is 46.5 Å². The smallest absolute Gasteiger partial charge is 0.222 e. The quantitative estimate of drug-likeness (QED) is 0.852. The number of thiophene rings is 1. The lowest BCUT2D eigenvalue weighted by Gasteiger charge is -2.16. The van der Waals surface area contributed by atoms with E-state index in [9.17, 15) is 4.79 Å². The minimum atomic E-state index is 0.161. The van der Waals surface area contributed by atoms with Crippen LogP contribution in [0.2, 0.25) is 0 Å². The van der Waals surface area contributed by atoms with E-state index in [-0.39, 0.29) is 5.91 Å². The summed E-state index contributed by atoms with van der Waals surface area (Å²) in [5, 5.41) is 4.10. The fraction of sp³-hybridized carbons (Fsp3) is 0.267. The second kappa shape index (κ2) is 6.38. The molecule has 0 aliphatic heterocycles. The molecule has 0 aliphatic rings. The molecule has 3 nitrogen and oxygen atoms in total. The number of carbonyl (C=O) groups is 1. The highest BCUT2D eigenvalue weighted by Crippen LogP contribution is 2.12. The molecular weight excluding hydrogens is 256 g/mol. The molecule has 4 heteroatoms. The highest BCUT2D eigenvalue weighted by atomic mass is 32.1. The molecule has 0 bridgehead atoms. The molecule has 1 amide bonds. The highest BCUT2D eigenvalue weighted by Gasteiger charge is 2.09. The summed E-state index contributed by atoms with van der Waals surface area (Å²) >= 11 is 1.65. The Hall–Kier alpha value is -1.81. The van der Waals surface area contributed by atoms with Crippen molar-refractivity contribution in [3.05, 3.63) is 52.2 Å². The number of anilines is 1. The van der Waals surface area contributed by atoms with Gasteiger partial charge in [-0.15, -0.1) is 0 Å². The van der Waals surface area contributed by atoms with Gasteiger partial charge in [0.25, 0.3) is 0 Å². The molecule has 0 unspecified atom stereocenters. The summed E-state index contributed by atoms with van der Waals surface area (Å²) in [5.74, 6) is 0.161. The molecule has 0 radical (unpaired) electrons. The Morgan fingerprint density at radius 2 is 2.16 bits per heavy atom. The van der Waals surface area contributed by atoms with Gasteiger partial charge in [0, 0.05) is 25.7 Å². The maximum atomic E-state index is 12.0. The van der Waals surface area contributed by atoms with E-state index in [2.05, 4.69) is 5.38 Å². The van der Waals surface area contributed by atoms with Crippen molar-refractivity contribution < 1.29 is 4.79 Å². The maximum Gasteiger partial charge on any atom is 0.222 e. The van der Waals surface area contributed by atoms with E-state index in [1.165, 1.54) is 5.56 Å². The van der Waals surface area contributed by atoms with Crippen molar-refractivity contribution in [2.24, 2.45) is 0 Å². The molecular formula is C15H18N2OS. The monoisotopic (exact) mass is 274 g/mol. The fourth-order valence-corrected chi connectivity index (χ4v) is 2.60. The van der Waals surface area contributed by atoms with Crippen molar-refractivity contribution in [1.29, 1.82) is 0 Å². The second-order valence-electron chi connectivity index (χ2n) is 4.63. The zero-order valence-electron chi connectivity index (χ0n) is 11.0. The Labute approximate surface area is 117 Å². The van der Waals surface area contributed by atoms with Crippen molar-refractivity contribution in [2.75, 3.05) is 12.8 Å². The van der Waals surface area contributed by atoms with Gasteiger partial charge in [0.1, 0.15) is 0 Å². The first kappa shape index (κ1) is 13.6. The summed E-state index contributed by atoms with van der Waals surface area (Å²) in [5.41, 5.74) is 8.76. The van der Waals surface area contributed by atoms with Gasteiger partial charge in [-0.25, -0.2) is 0 Å². The third kappa shape index (κ3) is 4.10. The van der Waals surface area contributed by atoms with Crippen LogP contribution in [0.1, 0.15) is 17.5 Å². The van der Waals surface area contributed by atoms with Crippen LogP contribution in [0.5, 0.6) is 0 Å². The molecule has 100 valence electrons. The van der Waals surface area contributed by atoms with Crippen LogP contribution in [0.15, 0.2) is 41.1 Å². The predicted octanol–water partition coefficient (Wildman–Crippen LogP) is 2.92. The van der Waals surface area contributed by atoms with Crippen molar-refractivity contribution in [1.82, 2.24) is 4.90 Å². The van der Waals surface area contributed by atoms with E-state index in [4.69, 9.17) is 5.73 Å². The molecule has 0 saturated carbocycles. The first-order valence-electron chi connectivity index (χ1n) is 6.24. The molecule has 1 aromatic heterocycles. The fourth-order valence-electron chi connectivity index (χ4n) is 1.94. The number of nitrogens with zero attached hydrogens (tertiary/aromatic N) is 1. The van der Waals surface area contributed by atoms with Crippen LogP contribution in [0.3, 0.4) is 0 Å². The molecule has 2 aromatic rings. The normalized spacial score (nSPS) is 10.4. The minimum Gasteiger partial charge on any atom is -0.399 e. The van der Waals surface area contributed by atoms with E-state index in [0.29, 0.717) is 13.0 Å². The molecule has 1 heterocycles. The Morgan fingerprint density at radius 3 is 2.84 bits per heavy atom. The first-order valence-corrected chi connectivity index (χ1v) is 7.19. The van der Waals surface area contributed by atoms with Gasteiger partial charge in [0.2, 0.25) is 5.91 Å². The molecule has 1 aromatic carbocycles. The molecule has 0 saturated heterocycles. The predicted molar refractivity (Wildman–Crippen MR) is 80.0 cm³/mol. The topological polar surface area (TPSA) is 46.3 Å². The van der Waals surface area contributed by atoms with Crippen LogP contribution in [0.25, 0.3) is 0 Å². The molecule has 19 heavy (non-hydrogen) atoms. The minimum absolute atomic E-state index is 0.161. The first-order chi connectivity index (χ1) is 9.15. The van der Waals surface area contributed by atoms with Crippen molar-refractivity contribution in [3.63, 3.8) is 0 Å². The lowest BCUT2D eigenvalue weighted by molar-refractivity contribution is -0.130. The van der Waals surface area contributed by atoms with Gasteiger partial charge >= 0.3 is 0 Å². The molecule has 0 aliphatic carbocycles. The van der Waals surface area contributed by atoms with Gasteiger partial charge in [-0.3, -0.25) is 4.79 Å². The third-order valence-corrected chi connectivity index (χ3v) is 3.74. The van der Waals surface area contributed by atoms with Gasteiger partial charge in [0.05, 0.1) is 0 Å². The molecule has 0 spiro atoms. The van der Waals surface area contributed by atoms with Gasteiger partial charge in [-0.1, -0.05) is 12.1 Å². The van der Waals surface area contributed by atoms with E-state index >= 15 is 0 Å². The van der Waals surface area contributed by atoms with Crippen LogP contribution in [0.4, 0.5) is 5.69 Å². The largest absolute Gasteiger partial charge is 0.399 e. The Morgan fingerprint density at radius 1 is 1.32 bits per heavy atom. The van der Waals surface area contributed by atoms with E-state index in [1.807, 2.05) is 42.8 Å². The number of nitrogens with two attached hydrogens (primary N) is 1. The van der Waals surface area contributed by atoms with E-state index < -0.39 is 0 Å². The summed E-state index contributed by atoms with van der Waals surface area (Å²) in [4.78, 5) is 13.8. The van der Waals surface area contributed by atoms with Crippen LogP contribution >= 0.6 is 11.3 Å².